The second-order valence-corrected chi connectivity index (χ2v) is 5.76. The van der Waals surface area contributed by atoms with Crippen LogP contribution in [0.4, 0.5) is 0 Å². The maximum absolute atomic E-state index is 6.46. The van der Waals surface area contributed by atoms with Crippen LogP contribution in [-0.2, 0) is 19.4 Å². The number of hydrogen-bond acceptors (Lipinski definition) is 4. The van der Waals surface area contributed by atoms with Crippen LogP contribution in [0.5, 0.6) is 5.75 Å². The van der Waals surface area contributed by atoms with Gasteiger partial charge >= 0.3 is 0 Å². The maximum atomic E-state index is 6.46. The molecule has 1 aromatic carbocycles. The number of aryl methyl sites for hydroxylation is 1. The monoisotopic (exact) mass is 288 g/mol. The van der Waals surface area contributed by atoms with Crippen molar-refractivity contribution in [3.05, 3.63) is 42.0 Å². The quantitative estimate of drug-likeness (QED) is 0.848. The molecule has 0 saturated carbocycles. The van der Waals surface area contributed by atoms with E-state index in [9.17, 15) is 0 Å². The van der Waals surface area contributed by atoms with Crippen LogP contribution in [0, 0.1) is 0 Å². The Morgan fingerprint density at radius 3 is 2.57 bits per heavy atom. The van der Waals surface area contributed by atoms with Gasteiger partial charge in [0.25, 0.3) is 0 Å². The van der Waals surface area contributed by atoms with Crippen LogP contribution >= 0.6 is 0 Å². The van der Waals surface area contributed by atoms with Crippen LogP contribution in [0.15, 0.2) is 30.6 Å². The summed E-state index contributed by atoms with van der Waals surface area (Å²) in [6.07, 6.45) is 4.14. The third kappa shape index (κ3) is 4.29. The molecule has 21 heavy (non-hydrogen) atoms. The molecule has 0 bridgehead atoms. The minimum Gasteiger partial charge on any atom is -0.497 e. The van der Waals surface area contributed by atoms with Gasteiger partial charge in [-0.25, -0.2) is 4.98 Å². The molecule has 2 rings (SSSR count). The van der Waals surface area contributed by atoms with Gasteiger partial charge in [-0.2, -0.15) is 5.10 Å². The number of hydrogen-bond donors (Lipinski definition) is 1. The van der Waals surface area contributed by atoms with Gasteiger partial charge in [0.1, 0.15) is 17.9 Å². The standard InChI is InChI=1S/C16H24N4O/c1-4-9-20-15(18-12-19-20)11-16(2,17)10-13-5-7-14(21-3)8-6-13/h5-8,12H,4,9-11,17H2,1-3H3. The molecule has 1 unspecified atom stereocenters. The normalized spacial score (nSPS) is 13.9. The van der Waals surface area contributed by atoms with Crippen LogP contribution < -0.4 is 10.5 Å². The first kappa shape index (κ1) is 15.5. The largest absolute Gasteiger partial charge is 0.497 e. The van der Waals surface area contributed by atoms with Crippen molar-refractivity contribution in [2.24, 2.45) is 5.73 Å². The zero-order valence-electron chi connectivity index (χ0n) is 13.0. The van der Waals surface area contributed by atoms with E-state index in [1.54, 1.807) is 13.4 Å². The van der Waals surface area contributed by atoms with Crippen molar-refractivity contribution < 1.29 is 4.74 Å². The first-order valence-corrected chi connectivity index (χ1v) is 7.32. The van der Waals surface area contributed by atoms with Crippen molar-refractivity contribution in [3.8, 4) is 5.75 Å². The summed E-state index contributed by atoms with van der Waals surface area (Å²) in [5.74, 6) is 1.82. The first-order chi connectivity index (χ1) is 10.0. The molecular formula is C16H24N4O. The highest BCUT2D eigenvalue weighted by Gasteiger charge is 2.22. The zero-order valence-corrected chi connectivity index (χ0v) is 13.0. The lowest BCUT2D eigenvalue weighted by atomic mass is 9.90. The molecule has 1 heterocycles. The third-order valence-corrected chi connectivity index (χ3v) is 3.46. The number of nitrogens with two attached hydrogens (primary N) is 1. The lowest BCUT2D eigenvalue weighted by Crippen LogP contribution is -2.41. The Hall–Kier alpha value is -1.88. The molecule has 0 fully saturated rings. The number of aromatic nitrogens is 3. The van der Waals surface area contributed by atoms with E-state index >= 15 is 0 Å². The molecule has 1 atom stereocenters. The Kier molecular flexibility index (Phi) is 4.96. The van der Waals surface area contributed by atoms with Crippen molar-refractivity contribution in [2.75, 3.05) is 7.11 Å². The van der Waals surface area contributed by atoms with Crippen LogP contribution in [0.1, 0.15) is 31.7 Å². The minimum absolute atomic E-state index is 0.354. The van der Waals surface area contributed by atoms with Gasteiger partial charge in [0.2, 0.25) is 0 Å². The van der Waals surface area contributed by atoms with E-state index in [2.05, 4.69) is 36.1 Å². The summed E-state index contributed by atoms with van der Waals surface area (Å²) < 4.78 is 7.12. The molecule has 0 amide bonds. The van der Waals surface area contributed by atoms with Crippen molar-refractivity contribution in [3.63, 3.8) is 0 Å². The van der Waals surface area contributed by atoms with E-state index in [0.29, 0.717) is 6.42 Å². The highest BCUT2D eigenvalue weighted by Crippen LogP contribution is 2.18. The molecule has 0 radical (unpaired) electrons. The fourth-order valence-electron chi connectivity index (χ4n) is 2.46. The van der Waals surface area contributed by atoms with Gasteiger partial charge in [-0.3, -0.25) is 4.68 Å². The van der Waals surface area contributed by atoms with E-state index in [-0.39, 0.29) is 5.54 Å². The highest BCUT2D eigenvalue weighted by atomic mass is 16.5. The molecular weight excluding hydrogens is 264 g/mol. The van der Waals surface area contributed by atoms with Crippen LogP contribution in [0.25, 0.3) is 0 Å². The predicted octanol–water partition coefficient (Wildman–Crippen LogP) is 2.20. The van der Waals surface area contributed by atoms with Crippen LogP contribution in [0.2, 0.25) is 0 Å². The summed E-state index contributed by atoms with van der Waals surface area (Å²) in [4.78, 5) is 4.34. The second-order valence-electron chi connectivity index (χ2n) is 5.76. The van der Waals surface area contributed by atoms with Crippen LogP contribution in [0.3, 0.4) is 0 Å². The Morgan fingerprint density at radius 2 is 1.95 bits per heavy atom. The summed E-state index contributed by atoms with van der Waals surface area (Å²) in [6, 6.07) is 8.04. The van der Waals surface area contributed by atoms with E-state index in [0.717, 1.165) is 31.0 Å². The molecule has 1 aromatic heterocycles. The fourth-order valence-corrected chi connectivity index (χ4v) is 2.46. The molecule has 0 aliphatic rings. The van der Waals surface area contributed by atoms with Crippen molar-refractivity contribution in [1.82, 2.24) is 14.8 Å². The van der Waals surface area contributed by atoms with Gasteiger partial charge in [0.15, 0.2) is 0 Å². The van der Waals surface area contributed by atoms with E-state index < -0.39 is 0 Å². The summed E-state index contributed by atoms with van der Waals surface area (Å²) in [5.41, 5.74) is 7.31. The van der Waals surface area contributed by atoms with Gasteiger partial charge in [-0.05, 0) is 37.5 Å². The summed E-state index contributed by atoms with van der Waals surface area (Å²) >= 11 is 0. The number of rotatable bonds is 7. The predicted molar refractivity (Wildman–Crippen MR) is 83.3 cm³/mol. The minimum atomic E-state index is -0.354. The smallest absolute Gasteiger partial charge is 0.138 e. The van der Waals surface area contributed by atoms with Crippen LogP contribution in [-0.4, -0.2) is 27.4 Å². The Morgan fingerprint density at radius 1 is 1.24 bits per heavy atom. The molecule has 114 valence electrons. The third-order valence-electron chi connectivity index (χ3n) is 3.46. The van der Waals surface area contributed by atoms with Gasteiger partial charge in [-0.1, -0.05) is 19.1 Å². The summed E-state index contributed by atoms with van der Waals surface area (Å²) in [7, 11) is 1.67. The lowest BCUT2D eigenvalue weighted by molar-refractivity contribution is 0.413. The topological polar surface area (TPSA) is 66.0 Å². The average Bonchev–Trinajstić information content (AvgIpc) is 2.86. The molecule has 0 spiro atoms. The number of methoxy groups -OCH3 is 1. The SMILES string of the molecule is CCCn1ncnc1CC(C)(N)Cc1ccc(OC)cc1. The first-order valence-electron chi connectivity index (χ1n) is 7.32. The Bertz CT molecular complexity index is 560. The van der Waals surface area contributed by atoms with E-state index in [1.807, 2.05) is 16.8 Å². The summed E-state index contributed by atoms with van der Waals surface area (Å²) in [6.45, 7) is 5.07. The second kappa shape index (κ2) is 6.72. The number of nitrogens with zero attached hydrogens (tertiary/aromatic N) is 3. The Labute approximate surface area is 126 Å². The molecule has 2 aromatic rings. The maximum Gasteiger partial charge on any atom is 0.138 e. The molecule has 0 aliphatic carbocycles. The molecule has 5 nitrogen and oxygen atoms in total. The molecule has 5 heteroatoms. The van der Waals surface area contributed by atoms with Gasteiger partial charge < -0.3 is 10.5 Å². The fraction of sp³-hybridized carbons (Fsp3) is 0.500. The van der Waals surface area contributed by atoms with Gasteiger partial charge in [-0.15, -0.1) is 0 Å². The van der Waals surface area contributed by atoms with Gasteiger partial charge in [0.05, 0.1) is 7.11 Å². The molecule has 0 aliphatic heterocycles. The van der Waals surface area contributed by atoms with Crippen molar-refractivity contribution in [2.45, 2.75) is 45.2 Å². The number of ether oxygens (including phenoxy) is 1. The highest BCUT2D eigenvalue weighted by molar-refractivity contribution is 5.28. The van der Waals surface area contributed by atoms with E-state index in [4.69, 9.17) is 10.5 Å². The zero-order chi connectivity index (χ0) is 15.3. The molecule has 0 saturated heterocycles. The average molecular weight is 288 g/mol. The van der Waals surface area contributed by atoms with Crippen molar-refractivity contribution >= 4 is 0 Å². The number of benzene rings is 1. The van der Waals surface area contributed by atoms with Crippen molar-refractivity contribution in [1.29, 1.82) is 0 Å². The van der Waals surface area contributed by atoms with Gasteiger partial charge in [0, 0.05) is 18.5 Å². The molecule has 2 N–H and O–H groups in total. The lowest BCUT2D eigenvalue weighted by Gasteiger charge is -2.24. The van der Waals surface area contributed by atoms with E-state index in [1.165, 1.54) is 5.56 Å². The summed E-state index contributed by atoms with van der Waals surface area (Å²) in [5, 5.41) is 4.25. The Balaban J connectivity index is 2.04.